The molecule has 1 atom stereocenters. The molecule has 0 aliphatic rings. The fourth-order valence-electron chi connectivity index (χ4n) is 3.57. The van der Waals surface area contributed by atoms with Gasteiger partial charge in [0.15, 0.2) is 5.16 Å². The van der Waals surface area contributed by atoms with E-state index in [-0.39, 0.29) is 17.4 Å². The maximum Gasteiger partial charge on any atom is 0.266 e. The molecule has 0 saturated heterocycles. The van der Waals surface area contributed by atoms with Crippen LogP contribution in [0, 0.1) is 0 Å². The Hall–Kier alpha value is -4.11. The molecule has 9 heteroatoms. The lowest BCUT2D eigenvalue weighted by Gasteiger charge is -2.17. The van der Waals surface area contributed by atoms with Crippen molar-refractivity contribution in [2.45, 2.75) is 31.2 Å². The van der Waals surface area contributed by atoms with Gasteiger partial charge >= 0.3 is 0 Å². The number of carbonyl (C=O) groups excluding carboxylic acids is 2. The van der Waals surface area contributed by atoms with Crippen LogP contribution in [0.4, 0.5) is 11.4 Å². The van der Waals surface area contributed by atoms with E-state index in [0.717, 1.165) is 0 Å². The lowest BCUT2D eigenvalue weighted by molar-refractivity contribution is -0.115. The summed E-state index contributed by atoms with van der Waals surface area (Å²) in [7, 11) is 0. The molecule has 0 spiro atoms. The van der Waals surface area contributed by atoms with E-state index in [0.29, 0.717) is 45.5 Å². The number of para-hydroxylation sites is 1. The fourth-order valence-corrected chi connectivity index (χ4v) is 4.50. The monoisotopic (exact) mass is 502 g/mol. The van der Waals surface area contributed by atoms with E-state index in [1.54, 1.807) is 73.7 Å². The second kappa shape index (κ2) is 11.1. The van der Waals surface area contributed by atoms with Gasteiger partial charge in [0, 0.05) is 18.3 Å². The molecular formula is C27H26N4O4S. The van der Waals surface area contributed by atoms with Crippen LogP contribution >= 0.6 is 11.8 Å². The normalized spacial score (nSPS) is 11.6. The Morgan fingerprint density at radius 1 is 0.972 bits per heavy atom. The zero-order chi connectivity index (χ0) is 25.7. The summed E-state index contributed by atoms with van der Waals surface area (Å²) in [5, 5.41) is 5.91. The van der Waals surface area contributed by atoms with Gasteiger partial charge in [-0.2, -0.15) is 0 Å². The summed E-state index contributed by atoms with van der Waals surface area (Å²) >= 11 is 1.20. The molecule has 4 rings (SSSR count). The van der Waals surface area contributed by atoms with E-state index < -0.39 is 5.25 Å². The maximum atomic E-state index is 13.5. The highest BCUT2D eigenvalue weighted by Gasteiger charge is 2.20. The van der Waals surface area contributed by atoms with Crippen LogP contribution in [-0.4, -0.2) is 33.2 Å². The topological polar surface area (TPSA) is 102 Å². The van der Waals surface area contributed by atoms with Gasteiger partial charge in [0.25, 0.3) is 5.56 Å². The molecule has 0 saturated carbocycles. The van der Waals surface area contributed by atoms with Gasteiger partial charge in [-0.1, -0.05) is 23.9 Å². The zero-order valence-corrected chi connectivity index (χ0v) is 21.0. The first-order valence-electron chi connectivity index (χ1n) is 11.5. The van der Waals surface area contributed by atoms with Gasteiger partial charge in [-0.3, -0.25) is 19.0 Å². The average Bonchev–Trinajstić information content (AvgIpc) is 2.86. The molecule has 3 aromatic carbocycles. The van der Waals surface area contributed by atoms with Crippen molar-refractivity contribution in [2.24, 2.45) is 0 Å². The first-order chi connectivity index (χ1) is 17.4. The van der Waals surface area contributed by atoms with Crippen molar-refractivity contribution in [3.8, 4) is 11.4 Å². The van der Waals surface area contributed by atoms with Crippen molar-refractivity contribution in [3.63, 3.8) is 0 Å². The first-order valence-corrected chi connectivity index (χ1v) is 12.3. The number of anilines is 2. The molecule has 36 heavy (non-hydrogen) atoms. The summed E-state index contributed by atoms with van der Waals surface area (Å²) in [4.78, 5) is 42.3. The zero-order valence-electron chi connectivity index (χ0n) is 20.1. The molecule has 0 aliphatic carbocycles. The number of ether oxygens (including phenoxy) is 1. The van der Waals surface area contributed by atoms with Gasteiger partial charge in [0.2, 0.25) is 11.8 Å². The van der Waals surface area contributed by atoms with Crippen LogP contribution in [0.2, 0.25) is 0 Å². The van der Waals surface area contributed by atoms with Gasteiger partial charge in [0.1, 0.15) is 5.75 Å². The molecule has 0 fully saturated rings. The number of fused-ring (bicyclic) bond motifs is 1. The summed E-state index contributed by atoms with van der Waals surface area (Å²) in [6.07, 6.45) is 0. The van der Waals surface area contributed by atoms with Crippen LogP contribution in [0.25, 0.3) is 16.6 Å². The number of thioether (sulfide) groups is 1. The van der Waals surface area contributed by atoms with Crippen molar-refractivity contribution in [2.75, 3.05) is 17.2 Å². The maximum absolute atomic E-state index is 13.5. The van der Waals surface area contributed by atoms with E-state index in [1.807, 2.05) is 13.0 Å². The molecule has 0 radical (unpaired) electrons. The third kappa shape index (κ3) is 5.75. The lowest BCUT2D eigenvalue weighted by atomic mass is 10.2. The van der Waals surface area contributed by atoms with E-state index in [2.05, 4.69) is 10.6 Å². The number of aromatic nitrogens is 2. The third-order valence-electron chi connectivity index (χ3n) is 5.28. The summed E-state index contributed by atoms with van der Waals surface area (Å²) < 4.78 is 7.05. The van der Waals surface area contributed by atoms with Crippen molar-refractivity contribution in [3.05, 3.63) is 83.2 Å². The highest BCUT2D eigenvalue weighted by molar-refractivity contribution is 8.00. The molecule has 1 aromatic heterocycles. The number of nitrogens with one attached hydrogen (secondary N) is 2. The summed E-state index contributed by atoms with van der Waals surface area (Å²) in [5.41, 5.74) is 2.21. The van der Waals surface area contributed by atoms with Gasteiger partial charge in [-0.25, -0.2) is 4.98 Å². The van der Waals surface area contributed by atoms with E-state index in [9.17, 15) is 14.4 Å². The third-order valence-corrected chi connectivity index (χ3v) is 6.33. The fraction of sp³-hybridized carbons (Fsp3) is 0.185. The van der Waals surface area contributed by atoms with Gasteiger partial charge in [-0.05, 0) is 74.5 Å². The molecule has 2 N–H and O–H groups in total. The number of benzene rings is 3. The summed E-state index contributed by atoms with van der Waals surface area (Å²) in [6, 6.07) is 21.2. The predicted molar refractivity (Wildman–Crippen MR) is 143 cm³/mol. The second-order valence-corrected chi connectivity index (χ2v) is 9.29. The van der Waals surface area contributed by atoms with Gasteiger partial charge in [0.05, 0.1) is 28.4 Å². The number of rotatable bonds is 8. The predicted octanol–water partition coefficient (Wildman–Crippen LogP) is 4.86. The Bertz CT molecular complexity index is 1450. The van der Waals surface area contributed by atoms with Gasteiger partial charge in [-0.15, -0.1) is 0 Å². The van der Waals surface area contributed by atoms with Crippen LogP contribution in [-0.2, 0) is 9.59 Å². The highest BCUT2D eigenvalue weighted by atomic mass is 32.2. The number of amides is 2. The van der Waals surface area contributed by atoms with E-state index >= 15 is 0 Å². The Labute approximate surface area is 212 Å². The van der Waals surface area contributed by atoms with Gasteiger partial charge < -0.3 is 15.4 Å². The SMILES string of the molecule is CCOc1ccc(-n2c(SC(C)C(=O)Nc3ccc(NC(C)=O)cc3)nc3ccccc3c2=O)cc1. The molecule has 8 nitrogen and oxygen atoms in total. The minimum Gasteiger partial charge on any atom is -0.494 e. The van der Waals surface area contributed by atoms with Crippen LogP contribution in [0.15, 0.2) is 82.7 Å². The minimum atomic E-state index is -0.554. The van der Waals surface area contributed by atoms with Crippen LogP contribution in [0.3, 0.4) is 0 Å². The van der Waals surface area contributed by atoms with Crippen LogP contribution < -0.4 is 20.9 Å². The van der Waals surface area contributed by atoms with Crippen molar-refractivity contribution in [1.82, 2.24) is 9.55 Å². The van der Waals surface area contributed by atoms with Crippen LogP contribution in [0.1, 0.15) is 20.8 Å². The summed E-state index contributed by atoms with van der Waals surface area (Å²) in [6.45, 7) is 5.64. The average molecular weight is 503 g/mol. The number of carbonyl (C=O) groups is 2. The molecule has 0 aliphatic heterocycles. The Morgan fingerprint density at radius 3 is 2.25 bits per heavy atom. The second-order valence-electron chi connectivity index (χ2n) is 7.99. The standard InChI is InChI=1S/C27H26N4O4S/c1-4-35-22-15-13-21(14-16-22)31-26(34)23-7-5-6-8-24(23)30-27(31)36-17(2)25(33)29-20-11-9-19(10-12-20)28-18(3)32/h5-17H,4H2,1-3H3,(H,28,32)(H,29,33). The molecule has 184 valence electrons. The first kappa shape index (κ1) is 25.0. The minimum absolute atomic E-state index is 0.168. The van der Waals surface area contributed by atoms with Crippen molar-refractivity contribution < 1.29 is 14.3 Å². The molecule has 4 aromatic rings. The molecule has 1 unspecified atom stereocenters. The Morgan fingerprint density at radius 2 is 1.61 bits per heavy atom. The molecule has 1 heterocycles. The Balaban J connectivity index is 1.62. The van der Waals surface area contributed by atoms with E-state index in [1.165, 1.54) is 23.3 Å². The van der Waals surface area contributed by atoms with Crippen molar-refractivity contribution in [1.29, 1.82) is 0 Å². The smallest absolute Gasteiger partial charge is 0.266 e. The van der Waals surface area contributed by atoms with Crippen LogP contribution in [0.5, 0.6) is 5.75 Å². The van der Waals surface area contributed by atoms with E-state index in [4.69, 9.17) is 9.72 Å². The molecule has 0 bridgehead atoms. The Kier molecular flexibility index (Phi) is 7.70. The quantitative estimate of drug-likeness (QED) is 0.263. The summed E-state index contributed by atoms with van der Waals surface area (Å²) in [5.74, 6) is 0.292. The number of hydrogen-bond donors (Lipinski definition) is 2. The lowest BCUT2D eigenvalue weighted by Crippen LogP contribution is -2.26. The van der Waals surface area contributed by atoms with Crippen molar-refractivity contribution >= 4 is 45.9 Å². The molecule has 2 amide bonds. The number of nitrogens with zero attached hydrogens (tertiary/aromatic N) is 2. The largest absolute Gasteiger partial charge is 0.494 e. The highest BCUT2D eigenvalue weighted by Crippen LogP contribution is 2.27. The molecular weight excluding hydrogens is 476 g/mol. The number of hydrogen-bond acceptors (Lipinski definition) is 6.